The zero-order valence-corrected chi connectivity index (χ0v) is 15.4. The molecule has 2 N–H and O–H groups in total. The Balaban J connectivity index is 1.79. The van der Waals surface area contributed by atoms with Gasteiger partial charge in [0.05, 0.1) is 0 Å². The largest absolute Gasteiger partial charge is 0.338 e. The Bertz CT molecular complexity index is 690. The summed E-state index contributed by atoms with van der Waals surface area (Å²) in [4.78, 5) is 15.8. The number of urea groups is 1. The number of carbonyl (C=O) groups is 1. The number of aromatic nitrogens is 1. The Morgan fingerprint density at radius 1 is 1.29 bits per heavy atom. The van der Waals surface area contributed by atoms with Crippen LogP contribution in [0.4, 0.5) is 4.79 Å². The number of carbonyl (C=O) groups excluding carboxylic acids is 1. The fourth-order valence-corrected chi connectivity index (χ4v) is 4.38. The van der Waals surface area contributed by atoms with E-state index in [1.165, 1.54) is 21.0 Å². The summed E-state index contributed by atoms with van der Waals surface area (Å²) < 4.78 is 2.16. The van der Waals surface area contributed by atoms with Gasteiger partial charge in [-0.25, -0.2) is 4.79 Å². The Morgan fingerprint density at radius 3 is 2.75 bits per heavy atom. The molecule has 5 nitrogen and oxygen atoms in total. The van der Waals surface area contributed by atoms with Crippen molar-refractivity contribution in [3.05, 3.63) is 40.5 Å². The Kier molecular flexibility index (Phi) is 5.26. The van der Waals surface area contributed by atoms with Crippen molar-refractivity contribution in [1.29, 1.82) is 0 Å². The highest BCUT2D eigenvalue weighted by molar-refractivity contribution is 7.14. The predicted molar refractivity (Wildman–Crippen MR) is 98.8 cm³/mol. The van der Waals surface area contributed by atoms with Crippen LogP contribution >= 0.6 is 11.3 Å². The maximum atomic E-state index is 12.0. The van der Waals surface area contributed by atoms with Gasteiger partial charge in [-0.05, 0) is 37.1 Å². The molecule has 0 atom stereocenters. The van der Waals surface area contributed by atoms with Gasteiger partial charge in [0.15, 0.2) is 0 Å². The molecule has 1 aliphatic heterocycles. The first-order valence-electron chi connectivity index (χ1n) is 8.51. The minimum absolute atomic E-state index is 0.0879. The lowest BCUT2D eigenvalue weighted by molar-refractivity contribution is 0.239. The van der Waals surface area contributed by atoms with Crippen molar-refractivity contribution in [1.82, 2.24) is 20.1 Å². The van der Waals surface area contributed by atoms with Gasteiger partial charge in [0.25, 0.3) is 0 Å². The number of nitrogens with one attached hydrogen (secondary N) is 2. The van der Waals surface area contributed by atoms with Crippen molar-refractivity contribution in [2.24, 2.45) is 5.92 Å². The molecule has 1 aliphatic rings. The lowest BCUT2D eigenvalue weighted by Crippen LogP contribution is -2.37. The quantitative estimate of drug-likeness (QED) is 0.874. The molecule has 0 saturated heterocycles. The molecule has 0 radical (unpaired) electrons. The van der Waals surface area contributed by atoms with Crippen LogP contribution in [-0.2, 0) is 19.5 Å². The van der Waals surface area contributed by atoms with Crippen LogP contribution in [-0.4, -0.2) is 35.6 Å². The molecular formula is C18H26N4OS. The van der Waals surface area contributed by atoms with E-state index in [9.17, 15) is 4.79 Å². The summed E-state index contributed by atoms with van der Waals surface area (Å²) in [6, 6.07) is 3.99. The van der Waals surface area contributed by atoms with E-state index < -0.39 is 0 Å². The van der Waals surface area contributed by atoms with E-state index >= 15 is 0 Å². The second-order valence-corrected chi connectivity index (χ2v) is 7.91. The third-order valence-electron chi connectivity index (χ3n) is 4.27. The first-order valence-corrected chi connectivity index (χ1v) is 9.33. The van der Waals surface area contributed by atoms with Gasteiger partial charge in [0, 0.05) is 49.0 Å². The van der Waals surface area contributed by atoms with Crippen LogP contribution in [0.15, 0.2) is 24.5 Å². The summed E-state index contributed by atoms with van der Waals surface area (Å²) in [7, 11) is 2.16. The van der Waals surface area contributed by atoms with Crippen molar-refractivity contribution in [2.45, 2.75) is 33.4 Å². The van der Waals surface area contributed by atoms with Gasteiger partial charge < -0.3 is 20.1 Å². The van der Waals surface area contributed by atoms with Crippen molar-refractivity contribution in [2.75, 3.05) is 20.1 Å². The molecule has 3 rings (SSSR count). The monoisotopic (exact) mass is 346 g/mol. The van der Waals surface area contributed by atoms with Crippen LogP contribution in [0.25, 0.3) is 5.00 Å². The minimum Gasteiger partial charge on any atom is -0.338 e. The number of fused-ring (bicyclic) bond motifs is 1. The lowest BCUT2D eigenvalue weighted by Gasteiger charge is -2.22. The zero-order valence-electron chi connectivity index (χ0n) is 14.6. The van der Waals surface area contributed by atoms with Gasteiger partial charge in [-0.3, -0.25) is 0 Å². The number of amides is 2. The summed E-state index contributed by atoms with van der Waals surface area (Å²) in [5.41, 5.74) is 2.69. The molecule has 130 valence electrons. The molecule has 2 aromatic heterocycles. The van der Waals surface area contributed by atoms with E-state index in [0.717, 1.165) is 19.5 Å². The predicted octanol–water partition coefficient (Wildman–Crippen LogP) is 2.98. The molecule has 3 heterocycles. The fourth-order valence-electron chi connectivity index (χ4n) is 2.97. The van der Waals surface area contributed by atoms with Crippen LogP contribution in [0.5, 0.6) is 0 Å². The van der Waals surface area contributed by atoms with E-state index in [-0.39, 0.29) is 6.03 Å². The van der Waals surface area contributed by atoms with E-state index in [2.05, 4.69) is 53.4 Å². The van der Waals surface area contributed by atoms with Crippen LogP contribution < -0.4 is 10.6 Å². The standard InChI is InChI=1S/C18H26N4OS/c1-13(2)10-19-18(23)20-11-15-14-6-9-21(3)12-16(14)24-17(15)22-7-4-5-8-22/h4-5,7-8,13H,6,9-12H2,1-3H3,(H2,19,20,23). The maximum Gasteiger partial charge on any atom is 0.315 e. The number of rotatable bonds is 5. The first-order chi connectivity index (χ1) is 11.5. The zero-order chi connectivity index (χ0) is 17.1. The third-order valence-corrected chi connectivity index (χ3v) is 5.54. The summed E-state index contributed by atoms with van der Waals surface area (Å²) in [5.74, 6) is 0.454. The second-order valence-electron chi connectivity index (χ2n) is 6.82. The second kappa shape index (κ2) is 7.40. The van der Waals surface area contributed by atoms with Gasteiger partial charge in [-0.1, -0.05) is 13.8 Å². The summed E-state index contributed by atoms with van der Waals surface area (Å²) in [5, 5.41) is 7.18. The Hall–Kier alpha value is -1.79. The molecule has 2 aromatic rings. The van der Waals surface area contributed by atoms with Crippen molar-refractivity contribution >= 4 is 17.4 Å². The van der Waals surface area contributed by atoms with E-state index in [4.69, 9.17) is 0 Å². The highest BCUT2D eigenvalue weighted by Crippen LogP contribution is 2.35. The molecule has 0 saturated carbocycles. The van der Waals surface area contributed by atoms with Gasteiger partial charge >= 0.3 is 6.03 Å². The molecule has 0 bridgehead atoms. The van der Waals surface area contributed by atoms with Crippen molar-refractivity contribution < 1.29 is 4.79 Å². The molecule has 0 aromatic carbocycles. The molecular weight excluding hydrogens is 320 g/mol. The number of nitrogens with zero attached hydrogens (tertiary/aromatic N) is 2. The summed E-state index contributed by atoms with van der Waals surface area (Å²) in [6.07, 6.45) is 5.20. The van der Waals surface area contributed by atoms with Gasteiger partial charge in [0.2, 0.25) is 0 Å². The van der Waals surface area contributed by atoms with Gasteiger partial charge in [0.1, 0.15) is 5.00 Å². The molecule has 0 fully saturated rings. The SMILES string of the molecule is CC(C)CNC(=O)NCc1c(-n2cccc2)sc2c1CCN(C)C2. The van der Waals surface area contributed by atoms with Gasteiger partial charge in [-0.15, -0.1) is 11.3 Å². The van der Waals surface area contributed by atoms with Gasteiger partial charge in [-0.2, -0.15) is 0 Å². The Labute approximate surface area is 147 Å². The van der Waals surface area contributed by atoms with Crippen molar-refractivity contribution in [3.8, 4) is 5.00 Å². The lowest BCUT2D eigenvalue weighted by atomic mass is 10.0. The maximum absolute atomic E-state index is 12.0. The molecule has 2 amide bonds. The number of thiophene rings is 1. The number of hydrogen-bond donors (Lipinski definition) is 2. The fraction of sp³-hybridized carbons (Fsp3) is 0.500. The highest BCUT2D eigenvalue weighted by Gasteiger charge is 2.23. The van der Waals surface area contributed by atoms with E-state index in [0.29, 0.717) is 19.0 Å². The topological polar surface area (TPSA) is 49.3 Å². The van der Waals surface area contributed by atoms with Crippen molar-refractivity contribution in [3.63, 3.8) is 0 Å². The molecule has 0 aliphatic carbocycles. The first kappa shape index (κ1) is 17.0. The summed E-state index contributed by atoms with van der Waals surface area (Å²) in [6.45, 7) is 7.53. The van der Waals surface area contributed by atoms with Crippen LogP contribution in [0.2, 0.25) is 0 Å². The van der Waals surface area contributed by atoms with E-state index in [1.54, 1.807) is 0 Å². The average Bonchev–Trinajstić information content (AvgIpc) is 3.17. The molecule has 6 heteroatoms. The average molecular weight is 347 g/mol. The number of hydrogen-bond acceptors (Lipinski definition) is 3. The van der Waals surface area contributed by atoms with Crippen LogP contribution in [0.1, 0.15) is 29.9 Å². The van der Waals surface area contributed by atoms with Crippen LogP contribution in [0.3, 0.4) is 0 Å². The number of likely N-dealkylation sites (N-methyl/N-ethyl adjacent to an activating group) is 1. The smallest absolute Gasteiger partial charge is 0.315 e. The van der Waals surface area contributed by atoms with Crippen LogP contribution in [0, 0.1) is 5.92 Å². The minimum atomic E-state index is -0.0879. The molecule has 0 unspecified atom stereocenters. The molecule has 0 spiro atoms. The highest BCUT2D eigenvalue weighted by atomic mass is 32.1. The molecule has 24 heavy (non-hydrogen) atoms. The van der Waals surface area contributed by atoms with E-state index in [1.807, 2.05) is 23.5 Å². The normalized spacial score (nSPS) is 14.7. The third kappa shape index (κ3) is 3.82. The Morgan fingerprint density at radius 2 is 2.04 bits per heavy atom. The summed E-state index contributed by atoms with van der Waals surface area (Å²) >= 11 is 1.84.